The highest BCUT2D eigenvalue weighted by molar-refractivity contribution is 6.07. The van der Waals surface area contributed by atoms with Crippen LogP contribution in [0.4, 0.5) is 30.5 Å². The van der Waals surface area contributed by atoms with Gasteiger partial charge in [-0.2, -0.15) is 13.2 Å². The number of nitrogens with zero attached hydrogens (tertiary/aromatic N) is 2. The predicted molar refractivity (Wildman–Crippen MR) is 100 cm³/mol. The van der Waals surface area contributed by atoms with Crippen LogP contribution in [0.1, 0.15) is 25.8 Å². The van der Waals surface area contributed by atoms with Crippen LogP contribution in [0.25, 0.3) is 0 Å². The first kappa shape index (κ1) is 20.4. The Bertz CT molecular complexity index is 949. The third kappa shape index (κ3) is 3.96. The van der Waals surface area contributed by atoms with Crippen molar-refractivity contribution in [2.24, 2.45) is 0 Å². The molecule has 2 unspecified atom stereocenters. The topological polar surface area (TPSA) is 97.6 Å². The number of nitrogen functional groups attached to an aromatic ring is 1. The number of hydrogen-bond donors (Lipinski definition) is 2. The van der Waals surface area contributed by atoms with Crippen LogP contribution in [0.3, 0.4) is 0 Å². The molecule has 2 atom stereocenters. The fourth-order valence-electron chi connectivity index (χ4n) is 3.00. The Hall–Kier alpha value is -3.30. The molecule has 154 valence electrons. The van der Waals surface area contributed by atoms with Gasteiger partial charge in [-0.05, 0) is 37.6 Å². The largest absolute Gasteiger partial charge is 0.477 e. The summed E-state index contributed by atoms with van der Waals surface area (Å²) in [6.45, 7) is 3.14. The highest BCUT2D eigenvalue weighted by atomic mass is 19.4. The maximum atomic E-state index is 13.2. The average Bonchev–Trinajstić information content (AvgIpc) is 2.66. The van der Waals surface area contributed by atoms with Gasteiger partial charge in [-0.25, -0.2) is 4.98 Å². The fourth-order valence-corrected chi connectivity index (χ4v) is 3.00. The van der Waals surface area contributed by atoms with E-state index in [1.807, 2.05) is 0 Å². The molecule has 1 aromatic carbocycles. The smallest absolute Gasteiger partial charge is 0.418 e. The van der Waals surface area contributed by atoms with E-state index in [2.05, 4.69) is 10.3 Å². The summed E-state index contributed by atoms with van der Waals surface area (Å²) in [4.78, 5) is 30.8. The number of amides is 2. The van der Waals surface area contributed by atoms with Gasteiger partial charge in [0.15, 0.2) is 17.7 Å². The van der Waals surface area contributed by atoms with Gasteiger partial charge in [0, 0.05) is 0 Å². The summed E-state index contributed by atoms with van der Waals surface area (Å²) in [6, 6.07) is 6.48. The van der Waals surface area contributed by atoms with E-state index < -0.39 is 41.4 Å². The van der Waals surface area contributed by atoms with Gasteiger partial charge >= 0.3 is 6.18 Å². The molecule has 0 fully saturated rings. The number of nitrogens with one attached hydrogen (secondary N) is 1. The molecule has 29 heavy (non-hydrogen) atoms. The van der Waals surface area contributed by atoms with Crippen molar-refractivity contribution in [2.45, 2.75) is 38.6 Å². The average molecular weight is 408 g/mol. The van der Waals surface area contributed by atoms with E-state index in [4.69, 9.17) is 10.5 Å². The number of carbonyl (C=O) groups is 2. The molecular formula is C19H19F3N4O3. The van der Waals surface area contributed by atoms with E-state index in [1.54, 1.807) is 6.92 Å². The van der Waals surface area contributed by atoms with Crippen LogP contribution in [0.2, 0.25) is 0 Å². The summed E-state index contributed by atoms with van der Waals surface area (Å²) in [5.41, 5.74) is 4.31. The summed E-state index contributed by atoms with van der Waals surface area (Å²) < 4.78 is 45.2. The molecule has 10 heteroatoms. The number of para-hydroxylation sites is 1. The predicted octanol–water partition coefficient (Wildman–Crippen LogP) is 3.21. The first-order valence-corrected chi connectivity index (χ1v) is 8.86. The minimum atomic E-state index is -4.64. The summed E-state index contributed by atoms with van der Waals surface area (Å²) in [6.07, 6.45) is -5.15. The SMILES string of the molecule is CCC1Oc2ccc(N)nc2N(C(C)C(=O)Nc2ccccc2C(F)(F)F)C1=O. The van der Waals surface area contributed by atoms with Crippen molar-refractivity contribution in [1.29, 1.82) is 0 Å². The second-order valence-corrected chi connectivity index (χ2v) is 6.49. The maximum absolute atomic E-state index is 13.2. The van der Waals surface area contributed by atoms with E-state index in [9.17, 15) is 22.8 Å². The molecule has 2 heterocycles. The number of ether oxygens (including phenoxy) is 1. The second kappa shape index (κ2) is 7.61. The summed E-state index contributed by atoms with van der Waals surface area (Å²) in [5.74, 6) is -0.908. The van der Waals surface area contributed by atoms with Crippen LogP contribution in [-0.4, -0.2) is 28.9 Å². The van der Waals surface area contributed by atoms with Crippen LogP contribution in [-0.2, 0) is 15.8 Å². The zero-order valence-electron chi connectivity index (χ0n) is 15.7. The molecule has 0 saturated heterocycles. The van der Waals surface area contributed by atoms with E-state index in [-0.39, 0.29) is 17.4 Å². The van der Waals surface area contributed by atoms with Gasteiger partial charge in [0.25, 0.3) is 5.91 Å². The first-order chi connectivity index (χ1) is 13.6. The van der Waals surface area contributed by atoms with Crippen molar-refractivity contribution in [3.8, 4) is 5.75 Å². The number of pyridine rings is 1. The Morgan fingerprint density at radius 3 is 2.66 bits per heavy atom. The molecular weight excluding hydrogens is 389 g/mol. The zero-order chi connectivity index (χ0) is 21.3. The molecule has 3 rings (SSSR count). The van der Waals surface area contributed by atoms with Crippen molar-refractivity contribution in [3.05, 3.63) is 42.0 Å². The molecule has 1 aromatic heterocycles. The highest BCUT2D eigenvalue weighted by Crippen LogP contribution is 2.37. The molecule has 1 aliphatic rings. The Morgan fingerprint density at radius 2 is 2.00 bits per heavy atom. The van der Waals surface area contributed by atoms with Crippen molar-refractivity contribution in [2.75, 3.05) is 16.0 Å². The van der Waals surface area contributed by atoms with Gasteiger partial charge in [0.2, 0.25) is 5.91 Å². The van der Waals surface area contributed by atoms with E-state index in [1.165, 1.54) is 31.2 Å². The zero-order valence-corrected chi connectivity index (χ0v) is 15.7. The van der Waals surface area contributed by atoms with Gasteiger partial charge in [-0.15, -0.1) is 0 Å². The minimum absolute atomic E-state index is 0.0476. The lowest BCUT2D eigenvalue weighted by Gasteiger charge is -2.36. The monoisotopic (exact) mass is 408 g/mol. The molecule has 0 bridgehead atoms. The van der Waals surface area contributed by atoms with E-state index in [0.29, 0.717) is 6.42 Å². The third-order valence-electron chi connectivity index (χ3n) is 4.50. The number of halogens is 3. The first-order valence-electron chi connectivity index (χ1n) is 8.86. The number of rotatable bonds is 4. The van der Waals surface area contributed by atoms with Gasteiger partial charge in [-0.3, -0.25) is 14.5 Å². The van der Waals surface area contributed by atoms with Gasteiger partial charge in [-0.1, -0.05) is 19.1 Å². The number of nitrogens with two attached hydrogens (primary N) is 1. The fraction of sp³-hybridized carbons (Fsp3) is 0.316. The molecule has 7 nitrogen and oxygen atoms in total. The van der Waals surface area contributed by atoms with Crippen molar-refractivity contribution in [1.82, 2.24) is 4.98 Å². The quantitative estimate of drug-likeness (QED) is 0.810. The Labute approximate surface area is 164 Å². The molecule has 2 aromatic rings. The molecule has 0 saturated carbocycles. The van der Waals surface area contributed by atoms with Gasteiger partial charge in [0.05, 0.1) is 11.3 Å². The summed E-state index contributed by atoms with van der Waals surface area (Å²) >= 11 is 0. The van der Waals surface area contributed by atoms with Crippen molar-refractivity contribution >= 4 is 29.1 Å². The molecule has 0 radical (unpaired) electrons. The van der Waals surface area contributed by atoms with Crippen molar-refractivity contribution in [3.63, 3.8) is 0 Å². The van der Waals surface area contributed by atoms with Gasteiger partial charge in [0.1, 0.15) is 11.9 Å². The van der Waals surface area contributed by atoms with Crippen LogP contribution >= 0.6 is 0 Å². The molecule has 3 N–H and O–H groups in total. The number of carbonyl (C=O) groups excluding carboxylic acids is 2. The second-order valence-electron chi connectivity index (χ2n) is 6.49. The standard InChI is InChI=1S/C19H19F3N4O3/c1-3-13-18(28)26(16-14(29-13)8-9-15(23)25-16)10(2)17(27)24-12-7-5-4-6-11(12)19(20,21)22/h4-10,13H,3H2,1-2H3,(H2,23,25)(H,24,27). The number of alkyl halides is 3. The van der Waals surface area contributed by atoms with Crippen LogP contribution in [0.5, 0.6) is 5.75 Å². The summed E-state index contributed by atoms with van der Waals surface area (Å²) in [7, 11) is 0. The number of hydrogen-bond acceptors (Lipinski definition) is 5. The number of fused-ring (bicyclic) bond motifs is 1. The lowest BCUT2D eigenvalue weighted by atomic mass is 10.1. The molecule has 0 spiro atoms. The number of anilines is 3. The van der Waals surface area contributed by atoms with E-state index in [0.717, 1.165) is 17.0 Å². The lowest BCUT2D eigenvalue weighted by molar-refractivity contribution is -0.137. The molecule has 2 amide bonds. The summed E-state index contributed by atoms with van der Waals surface area (Å²) in [5, 5.41) is 2.26. The number of benzene rings is 1. The Morgan fingerprint density at radius 1 is 1.31 bits per heavy atom. The van der Waals surface area contributed by atoms with Crippen molar-refractivity contribution < 1.29 is 27.5 Å². The molecule has 0 aliphatic carbocycles. The normalized spacial score (nSPS) is 17.3. The maximum Gasteiger partial charge on any atom is 0.418 e. The minimum Gasteiger partial charge on any atom is -0.477 e. The van der Waals surface area contributed by atoms with Crippen LogP contribution < -0.4 is 20.7 Å². The van der Waals surface area contributed by atoms with Crippen LogP contribution in [0, 0.1) is 0 Å². The third-order valence-corrected chi connectivity index (χ3v) is 4.50. The Kier molecular flexibility index (Phi) is 5.36. The lowest BCUT2D eigenvalue weighted by Crippen LogP contribution is -2.53. The number of aromatic nitrogens is 1. The highest BCUT2D eigenvalue weighted by Gasteiger charge is 2.40. The van der Waals surface area contributed by atoms with Gasteiger partial charge < -0.3 is 15.8 Å². The van der Waals surface area contributed by atoms with Crippen LogP contribution in [0.15, 0.2) is 36.4 Å². The molecule has 1 aliphatic heterocycles. The Balaban J connectivity index is 1.94. The van der Waals surface area contributed by atoms with E-state index >= 15 is 0 Å².